The summed E-state index contributed by atoms with van der Waals surface area (Å²) >= 11 is 12.6. The molecule has 40 heavy (non-hydrogen) atoms. The highest BCUT2D eigenvalue weighted by Gasteiger charge is 2.24. The third-order valence-electron chi connectivity index (χ3n) is 7.32. The van der Waals surface area contributed by atoms with E-state index in [0.717, 1.165) is 54.4 Å². The van der Waals surface area contributed by atoms with Gasteiger partial charge in [0.15, 0.2) is 0 Å². The van der Waals surface area contributed by atoms with Crippen LogP contribution < -0.4 is 10.2 Å². The van der Waals surface area contributed by atoms with Gasteiger partial charge in [-0.3, -0.25) is 14.3 Å². The molecule has 1 fully saturated rings. The quantitative estimate of drug-likeness (QED) is 0.294. The standard InChI is InChI=1S/C31H33Cl2N5O2/c1-21-9-6-7-13-26(21)38-22(2)29(35-30(38)23-10-4-3-5-11-23)31(40)34-19-24(39)20-36-15-17-37(18-16-36)27-14-8-12-25(32)28(27)33/h3-14,24,39H,15-20H2,1-2H3,(H,34,40). The zero-order valence-corrected chi connectivity index (χ0v) is 24.2. The summed E-state index contributed by atoms with van der Waals surface area (Å²) in [5, 5.41) is 14.8. The first-order valence-corrected chi connectivity index (χ1v) is 14.2. The van der Waals surface area contributed by atoms with Crippen LogP contribution in [0.1, 0.15) is 21.7 Å². The number of amides is 1. The molecule has 0 bridgehead atoms. The number of para-hydroxylation sites is 1. The van der Waals surface area contributed by atoms with E-state index in [9.17, 15) is 9.90 Å². The van der Waals surface area contributed by atoms with Gasteiger partial charge in [0, 0.05) is 44.8 Å². The summed E-state index contributed by atoms with van der Waals surface area (Å²) < 4.78 is 2.03. The molecule has 0 spiro atoms. The average molecular weight is 579 g/mol. The van der Waals surface area contributed by atoms with E-state index >= 15 is 0 Å². The summed E-state index contributed by atoms with van der Waals surface area (Å²) in [5.74, 6) is 0.400. The number of anilines is 1. The van der Waals surface area contributed by atoms with Crippen molar-refractivity contribution in [2.75, 3.05) is 44.2 Å². The van der Waals surface area contributed by atoms with Gasteiger partial charge < -0.3 is 15.3 Å². The first kappa shape index (κ1) is 28.2. The van der Waals surface area contributed by atoms with E-state index in [1.165, 1.54) is 0 Å². The van der Waals surface area contributed by atoms with Gasteiger partial charge >= 0.3 is 0 Å². The molecule has 2 heterocycles. The Labute approximate surface area is 245 Å². The van der Waals surface area contributed by atoms with Gasteiger partial charge in [0.25, 0.3) is 5.91 Å². The number of halogens is 2. The molecule has 5 rings (SSSR count). The number of piperazine rings is 1. The number of carbonyl (C=O) groups excluding carboxylic acids is 1. The Morgan fingerprint density at radius 3 is 2.33 bits per heavy atom. The van der Waals surface area contributed by atoms with Gasteiger partial charge in [-0.2, -0.15) is 0 Å². The fraction of sp³-hybridized carbons (Fsp3) is 0.290. The van der Waals surface area contributed by atoms with Crippen LogP contribution in [0.25, 0.3) is 17.1 Å². The number of imidazole rings is 1. The Kier molecular flexibility index (Phi) is 8.76. The van der Waals surface area contributed by atoms with Gasteiger partial charge in [-0.1, -0.05) is 77.8 Å². The Bertz CT molecular complexity index is 1480. The first-order chi connectivity index (χ1) is 19.3. The van der Waals surface area contributed by atoms with Crippen molar-refractivity contribution in [3.63, 3.8) is 0 Å². The predicted molar refractivity (Wildman–Crippen MR) is 162 cm³/mol. The smallest absolute Gasteiger partial charge is 0.271 e. The van der Waals surface area contributed by atoms with Crippen molar-refractivity contribution in [2.45, 2.75) is 20.0 Å². The predicted octanol–water partition coefficient (Wildman–Crippen LogP) is 5.38. The average Bonchev–Trinajstić information content (AvgIpc) is 3.31. The number of nitrogens with one attached hydrogen (secondary N) is 1. The van der Waals surface area contributed by atoms with E-state index in [2.05, 4.69) is 15.1 Å². The third-order valence-corrected chi connectivity index (χ3v) is 8.13. The molecular formula is C31H33Cl2N5O2. The van der Waals surface area contributed by atoms with Crippen molar-refractivity contribution in [3.8, 4) is 17.1 Å². The fourth-order valence-electron chi connectivity index (χ4n) is 5.17. The Balaban J connectivity index is 1.23. The summed E-state index contributed by atoms with van der Waals surface area (Å²) in [6, 6.07) is 23.6. The maximum atomic E-state index is 13.3. The molecule has 1 aromatic heterocycles. The van der Waals surface area contributed by atoms with Gasteiger partial charge in [0.05, 0.1) is 33.2 Å². The van der Waals surface area contributed by atoms with E-state index in [1.54, 1.807) is 6.07 Å². The summed E-state index contributed by atoms with van der Waals surface area (Å²) in [7, 11) is 0. The molecule has 3 aromatic carbocycles. The van der Waals surface area contributed by atoms with Crippen LogP contribution in [0, 0.1) is 13.8 Å². The number of benzene rings is 3. The molecular weight excluding hydrogens is 545 g/mol. The number of aliphatic hydroxyl groups is 1. The second kappa shape index (κ2) is 12.4. The van der Waals surface area contributed by atoms with E-state index in [0.29, 0.717) is 28.1 Å². The van der Waals surface area contributed by atoms with Crippen LogP contribution in [0.5, 0.6) is 0 Å². The summed E-state index contributed by atoms with van der Waals surface area (Å²) in [6.07, 6.45) is -0.711. The largest absolute Gasteiger partial charge is 0.390 e. The molecule has 1 atom stereocenters. The zero-order valence-electron chi connectivity index (χ0n) is 22.6. The molecule has 1 aliphatic rings. The normalized spacial score (nSPS) is 14.8. The van der Waals surface area contributed by atoms with E-state index in [1.807, 2.05) is 85.1 Å². The van der Waals surface area contributed by atoms with Crippen LogP contribution in [0.2, 0.25) is 10.0 Å². The second-order valence-corrected chi connectivity index (χ2v) is 10.9. The molecule has 1 saturated heterocycles. The third kappa shape index (κ3) is 6.03. The Morgan fingerprint density at radius 1 is 0.925 bits per heavy atom. The van der Waals surface area contributed by atoms with E-state index in [4.69, 9.17) is 28.2 Å². The number of β-amino-alcohol motifs (C(OH)–C–C–N with tert-alkyl or cyclic N) is 1. The minimum absolute atomic E-state index is 0.135. The topological polar surface area (TPSA) is 73.6 Å². The lowest BCUT2D eigenvalue weighted by Gasteiger charge is -2.37. The van der Waals surface area contributed by atoms with Gasteiger partial charge in [-0.15, -0.1) is 0 Å². The van der Waals surface area contributed by atoms with E-state index < -0.39 is 6.10 Å². The summed E-state index contributed by atoms with van der Waals surface area (Å²) in [6.45, 7) is 7.64. The van der Waals surface area contributed by atoms with Crippen LogP contribution in [-0.4, -0.2) is 70.8 Å². The number of carbonyl (C=O) groups is 1. The molecule has 4 aromatic rings. The van der Waals surface area contributed by atoms with Gasteiger partial charge in [-0.25, -0.2) is 4.98 Å². The van der Waals surface area contributed by atoms with Crippen LogP contribution in [-0.2, 0) is 0 Å². The minimum atomic E-state index is -0.711. The van der Waals surface area contributed by atoms with Crippen molar-refractivity contribution in [3.05, 3.63) is 99.8 Å². The Hall–Kier alpha value is -3.36. The van der Waals surface area contributed by atoms with Crippen molar-refractivity contribution in [1.82, 2.24) is 19.8 Å². The first-order valence-electron chi connectivity index (χ1n) is 13.4. The number of nitrogens with zero attached hydrogens (tertiary/aromatic N) is 4. The molecule has 1 aliphatic heterocycles. The fourth-order valence-corrected chi connectivity index (χ4v) is 5.59. The molecule has 2 N–H and O–H groups in total. The highest BCUT2D eigenvalue weighted by Crippen LogP contribution is 2.33. The molecule has 9 heteroatoms. The van der Waals surface area contributed by atoms with Crippen LogP contribution in [0.3, 0.4) is 0 Å². The van der Waals surface area contributed by atoms with Crippen molar-refractivity contribution < 1.29 is 9.90 Å². The molecule has 7 nitrogen and oxygen atoms in total. The zero-order chi connectivity index (χ0) is 28.2. The molecule has 0 aliphatic carbocycles. The monoisotopic (exact) mass is 577 g/mol. The van der Waals surface area contributed by atoms with Crippen LogP contribution in [0.15, 0.2) is 72.8 Å². The van der Waals surface area contributed by atoms with Gasteiger partial charge in [-0.05, 0) is 37.6 Å². The number of hydrogen-bond acceptors (Lipinski definition) is 5. The molecule has 0 radical (unpaired) electrons. The maximum Gasteiger partial charge on any atom is 0.271 e. The number of aryl methyl sites for hydroxylation is 1. The van der Waals surface area contributed by atoms with Gasteiger partial charge in [0.1, 0.15) is 11.5 Å². The van der Waals surface area contributed by atoms with Crippen molar-refractivity contribution >= 4 is 34.8 Å². The Morgan fingerprint density at radius 2 is 1.60 bits per heavy atom. The maximum absolute atomic E-state index is 13.3. The molecule has 1 amide bonds. The van der Waals surface area contributed by atoms with Crippen molar-refractivity contribution in [1.29, 1.82) is 0 Å². The summed E-state index contributed by atoms with van der Waals surface area (Å²) in [4.78, 5) is 22.5. The highest BCUT2D eigenvalue weighted by molar-refractivity contribution is 6.43. The van der Waals surface area contributed by atoms with Crippen LogP contribution >= 0.6 is 23.2 Å². The molecule has 1 unspecified atom stereocenters. The lowest BCUT2D eigenvalue weighted by molar-refractivity contribution is 0.0847. The van der Waals surface area contributed by atoms with Crippen LogP contribution in [0.4, 0.5) is 5.69 Å². The number of aliphatic hydroxyl groups excluding tert-OH is 1. The lowest BCUT2D eigenvalue weighted by Crippen LogP contribution is -2.50. The van der Waals surface area contributed by atoms with E-state index in [-0.39, 0.29) is 12.5 Å². The van der Waals surface area contributed by atoms with Gasteiger partial charge in [0.2, 0.25) is 0 Å². The number of hydrogen-bond donors (Lipinski definition) is 2. The molecule has 208 valence electrons. The summed E-state index contributed by atoms with van der Waals surface area (Å²) in [5.41, 5.74) is 5.00. The highest BCUT2D eigenvalue weighted by atomic mass is 35.5. The second-order valence-electron chi connectivity index (χ2n) is 10.1. The number of aromatic nitrogens is 2. The minimum Gasteiger partial charge on any atom is -0.390 e. The van der Waals surface area contributed by atoms with Crippen molar-refractivity contribution in [2.24, 2.45) is 0 Å². The number of rotatable bonds is 8. The lowest BCUT2D eigenvalue weighted by atomic mass is 10.1. The SMILES string of the molecule is Cc1ccccc1-n1c(-c2ccccc2)nc(C(=O)NCC(O)CN2CCN(c3cccc(Cl)c3Cl)CC2)c1C. The molecule has 0 saturated carbocycles.